The van der Waals surface area contributed by atoms with Crippen molar-refractivity contribution in [2.45, 2.75) is 18.9 Å². The molecule has 2 aliphatic rings. The summed E-state index contributed by atoms with van der Waals surface area (Å²) >= 11 is 0. The maximum Gasteiger partial charge on any atom is 0.0354 e. The highest BCUT2D eigenvalue weighted by Gasteiger charge is 2.16. The van der Waals surface area contributed by atoms with Crippen molar-refractivity contribution < 1.29 is 0 Å². The Kier molecular flexibility index (Phi) is 2.82. The van der Waals surface area contributed by atoms with Crippen LogP contribution in [0.1, 0.15) is 12.8 Å². The van der Waals surface area contributed by atoms with Crippen LogP contribution in [-0.2, 0) is 0 Å². The van der Waals surface area contributed by atoms with Gasteiger partial charge in [0.2, 0.25) is 0 Å². The summed E-state index contributed by atoms with van der Waals surface area (Å²) in [7, 11) is 0. The topological polar surface area (TPSA) is 15.3 Å². The normalized spacial score (nSPS) is 23.5. The van der Waals surface area contributed by atoms with Crippen LogP contribution < -0.4 is 5.32 Å². The number of hydrogen-bond donors (Lipinski definition) is 1. The highest BCUT2D eigenvalue weighted by atomic mass is 15.1. The quantitative estimate of drug-likeness (QED) is 0.653. The molecule has 0 saturated carbocycles. The third-order valence-corrected chi connectivity index (χ3v) is 2.58. The Balaban J connectivity index is 1.98. The average Bonchev–Trinajstić information content (AvgIpc) is 2.47. The standard InChI is InChI=1S/C11H16N2/c1-2-4-10-13(9-3-1)11-5-7-12-8-6-11/h1-4,9-12H,5-8H2. The van der Waals surface area contributed by atoms with Crippen LogP contribution in [-0.4, -0.2) is 24.0 Å². The molecule has 0 aromatic rings. The van der Waals surface area contributed by atoms with Gasteiger partial charge in [0.15, 0.2) is 0 Å². The third-order valence-electron chi connectivity index (χ3n) is 2.58. The summed E-state index contributed by atoms with van der Waals surface area (Å²) in [6.07, 6.45) is 15.1. The first-order valence-electron chi connectivity index (χ1n) is 4.96. The van der Waals surface area contributed by atoms with E-state index in [-0.39, 0.29) is 0 Å². The molecule has 1 N–H and O–H groups in total. The van der Waals surface area contributed by atoms with E-state index >= 15 is 0 Å². The summed E-state index contributed by atoms with van der Waals surface area (Å²) in [6.45, 7) is 2.30. The van der Waals surface area contributed by atoms with Crippen LogP contribution in [0.4, 0.5) is 0 Å². The van der Waals surface area contributed by atoms with Gasteiger partial charge in [-0.3, -0.25) is 0 Å². The molecule has 0 aromatic heterocycles. The first-order valence-corrected chi connectivity index (χ1v) is 4.96. The molecule has 1 fully saturated rings. The molecule has 2 nitrogen and oxygen atoms in total. The summed E-state index contributed by atoms with van der Waals surface area (Å²) in [5.74, 6) is 0. The molecule has 13 heavy (non-hydrogen) atoms. The van der Waals surface area contributed by atoms with E-state index in [4.69, 9.17) is 0 Å². The highest BCUT2D eigenvalue weighted by molar-refractivity contribution is 5.16. The number of hydrogen-bond acceptors (Lipinski definition) is 2. The molecule has 0 radical (unpaired) electrons. The lowest BCUT2D eigenvalue weighted by molar-refractivity contribution is 0.288. The van der Waals surface area contributed by atoms with E-state index < -0.39 is 0 Å². The number of piperidine rings is 1. The van der Waals surface area contributed by atoms with Crippen molar-refractivity contribution in [3.8, 4) is 0 Å². The molecule has 0 bridgehead atoms. The van der Waals surface area contributed by atoms with Crippen molar-refractivity contribution in [3.63, 3.8) is 0 Å². The van der Waals surface area contributed by atoms with Gasteiger partial charge < -0.3 is 10.2 Å². The van der Waals surface area contributed by atoms with Crippen molar-refractivity contribution in [3.05, 3.63) is 36.7 Å². The molecule has 70 valence electrons. The first-order chi connectivity index (χ1) is 6.47. The molecule has 0 spiro atoms. The summed E-state index contributed by atoms with van der Waals surface area (Å²) in [4.78, 5) is 2.32. The van der Waals surface area contributed by atoms with Gasteiger partial charge in [0.05, 0.1) is 0 Å². The van der Waals surface area contributed by atoms with Gasteiger partial charge in [-0.15, -0.1) is 0 Å². The number of rotatable bonds is 1. The lowest BCUT2D eigenvalue weighted by Gasteiger charge is -2.30. The van der Waals surface area contributed by atoms with Gasteiger partial charge in [0.25, 0.3) is 0 Å². The Morgan fingerprint density at radius 1 is 0.923 bits per heavy atom. The van der Waals surface area contributed by atoms with Crippen LogP contribution in [0.3, 0.4) is 0 Å². The van der Waals surface area contributed by atoms with E-state index in [1.54, 1.807) is 0 Å². The molecule has 2 aliphatic heterocycles. The zero-order valence-electron chi connectivity index (χ0n) is 7.82. The molecule has 0 unspecified atom stereocenters. The number of allylic oxidation sites excluding steroid dienone is 4. The SMILES string of the molecule is C1=CC=CN(C2CCNCC2)C=C1. The fourth-order valence-electron chi connectivity index (χ4n) is 1.82. The van der Waals surface area contributed by atoms with Gasteiger partial charge in [0.1, 0.15) is 0 Å². The van der Waals surface area contributed by atoms with Crippen molar-refractivity contribution in [2.24, 2.45) is 0 Å². The van der Waals surface area contributed by atoms with Gasteiger partial charge in [-0.1, -0.05) is 12.2 Å². The van der Waals surface area contributed by atoms with Crippen molar-refractivity contribution in [2.75, 3.05) is 13.1 Å². The lowest BCUT2D eigenvalue weighted by Crippen LogP contribution is -2.38. The molecule has 0 amide bonds. The Morgan fingerprint density at radius 3 is 2.15 bits per heavy atom. The Hall–Kier alpha value is -1.02. The second kappa shape index (κ2) is 4.28. The predicted molar refractivity (Wildman–Crippen MR) is 55.2 cm³/mol. The second-order valence-electron chi connectivity index (χ2n) is 3.50. The molecule has 1 saturated heterocycles. The van der Waals surface area contributed by atoms with Crippen molar-refractivity contribution in [1.82, 2.24) is 10.2 Å². The summed E-state index contributed by atoms with van der Waals surface area (Å²) < 4.78 is 0. The minimum atomic E-state index is 0.689. The number of nitrogens with one attached hydrogen (secondary N) is 1. The third kappa shape index (κ3) is 2.22. The molecular formula is C11H16N2. The van der Waals surface area contributed by atoms with Gasteiger partial charge in [-0.05, 0) is 38.1 Å². The van der Waals surface area contributed by atoms with Gasteiger partial charge in [0, 0.05) is 18.4 Å². The molecular weight excluding hydrogens is 160 g/mol. The molecule has 2 heterocycles. The molecule has 0 atom stereocenters. The molecule has 0 aromatic carbocycles. The predicted octanol–water partition coefficient (Wildman–Crippen LogP) is 1.64. The van der Waals surface area contributed by atoms with Gasteiger partial charge >= 0.3 is 0 Å². The monoisotopic (exact) mass is 176 g/mol. The minimum Gasteiger partial charge on any atom is -0.351 e. The van der Waals surface area contributed by atoms with Crippen LogP contribution in [0.2, 0.25) is 0 Å². The maximum atomic E-state index is 3.38. The molecule has 2 heteroatoms. The lowest BCUT2D eigenvalue weighted by atomic mass is 10.1. The van der Waals surface area contributed by atoms with Gasteiger partial charge in [-0.25, -0.2) is 0 Å². The Labute approximate surface area is 79.6 Å². The summed E-state index contributed by atoms with van der Waals surface area (Å²) in [5, 5.41) is 3.38. The average molecular weight is 176 g/mol. The fraction of sp³-hybridized carbons (Fsp3) is 0.455. The van der Waals surface area contributed by atoms with E-state index in [0.29, 0.717) is 6.04 Å². The smallest absolute Gasteiger partial charge is 0.0354 e. The Morgan fingerprint density at radius 2 is 1.54 bits per heavy atom. The van der Waals surface area contributed by atoms with Crippen LogP contribution in [0.5, 0.6) is 0 Å². The zero-order chi connectivity index (χ0) is 8.93. The van der Waals surface area contributed by atoms with Crippen LogP contribution in [0.25, 0.3) is 0 Å². The molecule has 2 rings (SSSR count). The minimum absolute atomic E-state index is 0.689. The van der Waals surface area contributed by atoms with Crippen molar-refractivity contribution >= 4 is 0 Å². The van der Waals surface area contributed by atoms with Crippen LogP contribution in [0.15, 0.2) is 36.7 Å². The van der Waals surface area contributed by atoms with E-state index in [2.05, 4.69) is 46.9 Å². The van der Waals surface area contributed by atoms with E-state index in [1.165, 1.54) is 12.8 Å². The maximum absolute atomic E-state index is 3.38. The fourth-order valence-corrected chi connectivity index (χ4v) is 1.82. The number of nitrogens with zero attached hydrogens (tertiary/aromatic N) is 1. The summed E-state index contributed by atoms with van der Waals surface area (Å²) in [6, 6.07) is 0.689. The van der Waals surface area contributed by atoms with Crippen molar-refractivity contribution in [1.29, 1.82) is 0 Å². The van der Waals surface area contributed by atoms with Crippen LogP contribution in [0, 0.1) is 0 Å². The van der Waals surface area contributed by atoms with E-state index in [1.807, 2.05) is 0 Å². The van der Waals surface area contributed by atoms with Gasteiger partial charge in [-0.2, -0.15) is 0 Å². The van der Waals surface area contributed by atoms with E-state index in [9.17, 15) is 0 Å². The van der Waals surface area contributed by atoms with E-state index in [0.717, 1.165) is 13.1 Å². The second-order valence-corrected chi connectivity index (χ2v) is 3.50. The Bertz CT molecular complexity index is 218. The largest absolute Gasteiger partial charge is 0.351 e. The summed E-state index contributed by atoms with van der Waals surface area (Å²) in [5.41, 5.74) is 0. The highest BCUT2D eigenvalue weighted by Crippen LogP contribution is 2.13. The first kappa shape index (κ1) is 8.57. The zero-order valence-corrected chi connectivity index (χ0v) is 7.82. The van der Waals surface area contributed by atoms with Crippen LogP contribution >= 0.6 is 0 Å². The molecule has 0 aliphatic carbocycles.